The summed E-state index contributed by atoms with van der Waals surface area (Å²) in [4.78, 5) is 14.0. The van der Waals surface area contributed by atoms with Crippen molar-refractivity contribution in [1.82, 2.24) is 5.32 Å². The second-order valence-corrected chi connectivity index (χ2v) is 9.08. The van der Waals surface area contributed by atoms with Gasteiger partial charge in [0.05, 0.1) is 46.3 Å². The first-order chi connectivity index (χ1) is 16.0. The Kier molecular flexibility index (Phi) is 7.14. The van der Waals surface area contributed by atoms with Gasteiger partial charge in [0.2, 0.25) is 5.75 Å². The molecule has 1 aromatic heterocycles. The average molecular weight is 460 g/mol. The molecule has 8 heteroatoms. The van der Waals surface area contributed by atoms with Gasteiger partial charge in [-0.2, -0.15) is 0 Å². The maximum absolute atomic E-state index is 12.9. The smallest absolute Gasteiger partial charge is 0.275 e. The number of hydrogen-bond acceptors (Lipinski definition) is 6. The number of benzene rings is 1. The molecular weight excluding hydrogens is 424 g/mol. The number of carbonyl (C=O) groups excluding carboxylic acids is 1. The quantitative estimate of drug-likeness (QED) is 0.558. The van der Waals surface area contributed by atoms with Crippen molar-refractivity contribution in [3.05, 3.63) is 41.9 Å². The zero-order valence-corrected chi connectivity index (χ0v) is 19.7. The summed E-state index contributed by atoms with van der Waals surface area (Å²) in [5.74, 6) is 2.43. The van der Waals surface area contributed by atoms with E-state index in [9.17, 15) is 9.90 Å². The Morgan fingerprint density at radius 2 is 1.94 bits per heavy atom. The molecule has 1 unspecified atom stereocenters. The number of ether oxygens (including phenoxy) is 3. The fourth-order valence-electron chi connectivity index (χ4n) is 5.67. The third-order valence-corrected chi connectivity index (χ3v) is 7.26. The predicted octanol–water partition coefficient (Wildman–Crippen LogP) is 1.87. The highest BCUT2D eigenvalue weighted by atomic mass is 16.5. The largest absolute Gasteiger partial charge is 0.493 e. The number of amides is 1. The molecule has 4 atom stereocenters. The minimum Gasteiger partial charge on any atom is -0.493 e. The average Bonchev–Trinajstić information content (AvgIpc) is 3.35. The van der Waals surface area contributed by atoms with Crippen molar-refractivity contribution < 1.29 is 33.4 Å². The zero-order valence-electron chi connectivity index (χ0n) is 19.7. The SMILES string of the molecule is COc1cc([C@H]2[C@H]3CCCC[C@@]3(O)CC[NH+]2CC(=O)NCc2ccco2)cc(OC)c1OC. The Bertz CT molecular complexity index is 921. The van der Waals surface area contributed by atoms with Gasteiger partial charge >= 0.3 is 0 Å². The number of rotatable bonds is 8. The van der Waals surface area contributed by atoms with Gasteiger partial charge in [-0.05, 0) is 37.1 Å². The van der Waals surface area contributed by atoms with Crippen molar-refractivity contribution in [1.29, 1.82) is 0 Å². The molecule has 2 heterocycles. The number of hydrogen-bond donors (Lipinski definition) is 3. The first-order valence-electron chi connectivity index (χ1n) is 11.6. The summed E-state index contributed by atoms with van der Waals surface area (Å²) in [5.41, 5.74) is 0.278. The molecule has 8 nitrogen and oxygen atoms in total. The minimum absolute atomic E-state index is 0.0416. The molecule has 1 saturated heterocycles. The number of likely N-dealkylation sites (tertiary alicyclic amines) is 1. The Morgan fingerprint density at radius 1 is 1.18 bits per heavy atom. The van der Waals surface area contributed by atoms with Crippen molar-refractivity contribution in [2.45, 2.75) is 50.3 Å². The van der Waals surface area contributed by atoms with E-state index in [1.54, 1.807) is 27.6 Å². The van der Waals surface area contributed by atoms with E-state index < -0.39 is 5.60 Å². The van der Waals surface area contributed by atoms with Crippen molar-refractivity contribution in [3.63, 3.8) is 0 Å². The number of piperidine rings is 1. The number of fused-ring (bicyclic) bond motifs is 1. The van der Waals surface area contributed by atoms with Gasteiger partial charge in [0, 0.05) is 17.9 Å². The van der Waals surface area contributed by atoms with Crippen LogP contribution in [0.15, 0.2) is 34.9 Å². The number of carbonyl (C=O) groups is 1. The van der Waals surface area contributed by atoms with E-state index in [1.807, 2.05) is 24.3 Å². The lowest BCUT2D eigenvalue weighted by Gasteiger charge is -2.50. The molecule has 0 spiro atoms. The molecule has 1 aromatic carbocycles. The van der Waals surface area contributed by atoms with Crippen LogP contribution in [0.1, 0.15) is 49.5 Å². The third-order valence-electron chi connectivity index (χ3n) is 7.26. The second kappa shape index (κ2) is 10.1. The molecular formula is C25H35N2O6+. The van der Waals surface area contributed by atoms with E-state index in [2.05, 4.69) is 5.32 Å². The van der Waals surface area contributed by atoms with Crippen molar-refractivity contribution in [2.24, 2.45) is 5.92 Å². The van der Waals surface area contributed by atoms with E-state index in [0.29, 0.717) is 43.3 Å². The molecule has 180 valence electrons. The number of aliphatic hydroxyl groups is 1. The van der Waals surface area contributed by atoms with Crippen LogP contribution < -0.4 is 24.4 Å². The summed E-state index contributed by atoms with van der Waals surface area (Å²) in [6.45, 7) is 1.39. The highest BCUT2D eigenvalue weighted by Crippen LogP contribution is 2.47. The van der Waals surface area contributed by atoms with Crippen LogP contribution in [0.2, 0.25) is 0 Å². The Balaban J connectivity index is 1.64. The van der Waals surface area contributed by atoms with Gasteiger partial charge in [0.1, 0.15) is 11.8 Å². The summed E-state index contributed by atoms with van der Waals surface area (Å²) in [6, 6.07) is 7.52. The highest BCUT2D eigenvalue weighted by Gasteiger charge is 2.52. The van der Waals surface area contributed by atoms with E-state index in [0.717, 1.165) is 41.9 Å². The van der Waals surface area contributed by atoms with Gasteiger partial charge in [0.25, 0.3) is 5.91 Å². The second-order valence-electron chi connectivity index (χ2n) is 9.08. The van der Waals surface area contributed by atoms with Crippen LogP contribution in [0.5, 0.6) is 17.2 Å². The fraction of sp³-hybridized carbons (Fsp3) is 0.560. The lowest BCUT2D eigenvalue weighted by atomic mass is 9.66. The van der Waals surface area contributed by atoms with Crippen LogP contribution in [0.3, 0.4) is 0 Å². The fourth-order valence-corrected chi connectivity index (χ4v) is 5.67. The number of nitrogens with one attached hydrogen (secondary N) is 2. The molecule has 1 amide bonds. The van der Waals surface area contributed by atoms with E-state index in [1.165, 1.54) is 0 Å². The van der Waals surface area contributed by atoms with Gasteiger partial charge in [-0.3, -0.25) is 4.79 Å². The monoisotopic (exact) mass is 459 g/mol. The van der Waals surface area contributed by atoms with Crippen LogP contribution in [-0.2, 0) is 11.3 Å². The minimum atomic E-state index is -0.711. The maximum atomic E-state index is 12.9. The predicted molar refractivity (Wildman–Crippen MR) is 122 cm³/mol. The molecule has 33 heavy (non-hydrogen) atoms. The Hall–Kier alpha value is -2.71. The molecule has 2 fully saturated rings. The molecule has 2 aliphatic rings. The van der Waals surface area contributed by atoms with Crippen molar-refractivity contribution in [2.75, 3.05) is 34.4 Å². The first-order valence-corrected chi connectivity index (χ1v) is 11.6. The summed E-state index contributed by atoms with van der Waals surface area (Å²) in [6.07, 6.45) is 6.13. The van der Waals surface area contributed by atoms with Gasteiger partial charge in [-0.25, -0.2) is 0 Å². The Morgan fingerprint density at radius 3 is 2.58 bits per heavy atom. The molecule has 1 aliphatic carbocycles. The van der Waals surface area contributed by atoms with Crippen LogP contribution in [0.4, 0.5) is 0 Å². The van der Waals surface area contributed by atoms with Crippen LogP contribution in [0, 0.1) is 5.92 Å². The highest BCUT2D eigenvalue weighted by molar-refractivity contribution is 5.76. The van der Waals surface area contributed by atoms with E-state index in [4.69, 9.17) is 18.6 Å². The summed E-state index contributed by atoms with van der Waals surface area (Å²) in [5, 5.41) is 14.5. The summed E-state index contributed by atoms with van der Waals surface area (Å²) < 4.78 is 22.0. The number of quaternary nitrogens is 1. The number of furan rings is 1. The topological polar surface area (TPSA) is 94.6 Å². The summed E-state index contributed by atoms with van der Waals surface area (Å²) in [7, 11) is 4.79. The Labute approximate surface area is 194 Å². The molecule has 0 bridgehead atoms. The van der Waals surface area contributed by atoms with Crippen molar-refractivity contribution in [3.8, 4) is 17.2 Å². The van der Waals surface area contributed by atoms with Crippen LogP contribution in [0.25, 0.3) is 0 Å². The standard InChI is InChI=1S/C25H34N2O6/c1-30-20-13-17(14-21(31-2)24(20)32-3)23-19-8-4-5-9-25(19,29)10-11-27(23)16-22(28)26-15-18-7-6-12-33-18/h6-7,12-14,19,23,29H,4-5,8-11,15-16H2,1-3H3,(H,26,28)/p+1/t19-,23+,25-/m1/s1. The molecule has 1 saturated carbocycles. The molecule has 4 rings (SSSR count). The van der Waals surface area contributed by atoms with E-state index >= 15 is 0 Å². The number of methoxy groups -OCH3 is 3. The van der Waals surface area contributed by atoms with Crippen LogP contribution in [-0.4, -0.2) is 51.0 Å². The maximum Gasteiger partial charge on any atom is 0.275 e. The van der Waals surface area contributed by atoms with E-state index in [-0.39, 0.29) is 17.9 Å². The molecule has 0 radical (unpaired) electrons. The van der Waals surface area contributed by atoms with Gasteiger partial charge in [0.15, 0.2) is 18.0 Å². The molecule has 1 aliphatic heterocycles. The lowest BCUT2D eigenvalue weighted by molar-refractivity contribution is -0.937. The van der Waals surface area contributed by atoms with Gasteiger partial charge < -0.3 is 34.0 Å². The third kappa shape index (κ3) is 4.82. The molecule has 2 aromatic rings. The van der Waals surface area contributed by atoms with Crippen molar-refractivity contribution >= 4 is 5.91 Å². The first kappa shape index (κ1) is 23.4. The van der Waals surface area contributed by atoms with Crippen LogP contribution >= 0.6 is 0 Å². The normalized spacial score (nSPS) is 26.8. The van der Waals surface area contributed by atoms with Gasteiger partial charge in [-0.15, -0.1) is 0 Å². The summed E-state index contributed by atoms with van der Waals surface area (Å²) >= 11 is 0. The molecule has 3 N–H and O–H groups in total. The zero-order chi connectivity index (χ0) is 23.4. The van der Waals surface area contributed by atoms with Gasteiger partial charge in [-0.1, -0.05) is 12.8 Å². The lowest BCUT2D eigenvalue weighted by Crippen LogP contribution is -3.16.